The molecule has 0 saturated carbocycles. The molecule has 2 heterocycles. The summed E-state index contributed by atoms with van der Waals surface area (Å²) in [6.45, 7) is 1.08. The molecule has 4 rings (SSSR count). The number of rotatable bonds is 8. The van der Waals surface area contributed by atoms with Crippen molar-refractivity contribution in [1.29, 1.82) is 0 Å². The number of ether oxygens (including phenoxy) is 2. The van der Waals surface area contributed by atoms with E-state index >= 15 is 0 Å². The van der Waals surface area contributed by atoms with Gasteiger partial charge in [0.25, 0.3) is 0 Å². The lowest BCUT2D eigenvalue weighted by atomic mass is 9.96. The Morgan fingerprint density at radius 2 is 2.16 bits per heavy atom. The van der Waals surface area contributed by atoms with Gasteiger partial charge in [-0.05, 0) is 60.4 Å². The van der Waals surface area contributed by atoms with Crippen LogP contribution in [-0.4, -0.2) is 47.5 Å². The maximum absolute atomic E-state index is 11.2. The van der Waals surface area contributed by atoms with Gasteiger partial charge in [-0.1, -0.05) is 12.1 Å². The quantitative estimate of drug-likeness (QED) is 0.499. The van der Waals surface area contributed by atoms with Crippen LogP contribution < -0.4 is 14.8 Å². The van der Waals surface area contributed by atoms with Gasteiger partial charge in [-0.3, -0.25) is 4.98 Å². The zero-order chi connectivity index (χ0) is 22.5. The number of pyridine rings is 1. The van der Waals surface area contributed by atoms with E-state index in [4.69, 9.17) is 9.47 Å². The van der Waals surface area contributed by atoms with Gasteiger partial charge in [0, 0.05) is 36.6 Å². The highest BCUT2D eigenvalue weighted by Gasteiger charge is 2.21. The summed E-state index contributed by atoms with van der Waals surface area (Å²) in [4.78, 5) is 15.3. The second-order valence-corrected chi connectivity index (χ2v) is 7.78. The summed E-state index contributed by atoms with van der Waals surface area (Å²) in [5.74, 6) is 0.387. The second-order valence-electron chi connectivity index (χ2n) is 7.78. The van der Waals surface area contributed by atoms with Crippen molar-refractivity contribution in [3.05, 3.63) is 77.6 Å². The molecular weight excluding hydrogens is 408 g/mol. The molecule has 7 nitrogen and oxygen atoms in total. The van der Waals surface area contributed by atoms with Gasteiger partial charge in [-0.2, -0.15) is 0 Å². The zero-order valence-electron chi connectivity index (χ0n) is 17.8. The highest BCUT2D eigenvalue weighted by atomic mass is 16.5. The monoisotopic (exact) mass is 434 g/mol. The number of benzene rings is 2. The molecule has 32 heavy (non-hydrogen) atoms. The van der Waals surface area contributed by atoms with Crippen LogP contribution in [0.4, 0.5) is 0 Å². The molecule has 3 N–H and O–H groups in total. The van der Waals surface area contributed by atoms with Gasteiger partial charge in [0.1, 0.15) is 17.6 Å². The lowest BCUT2D eigenvalue weighted by Crippen LogP contribution is -2.36. The third-order valence-corrected chi connectivity index (χ3v) is 5.63. The number of nitrogens with one attached hydrogen (secondary N) is 1. The van der Waals surface area contributed by atoms with Crippen LogP contribution in [-0.2, 0) is 6.42 Å². The topological polar surface area (TPSA) is 101 Å². The maximum Gasteiger partial charge on any atom is 0.335 e. The molecule has 0 radical (unpaired) electrons. The first-order valence-electron chi connectivity index (χ1n) is 10.5. The lowest BCUT2D eigenvalue weighted by Gasteiger charge is -2.27. The maximum atomic E-state index is 11.2. The Balaban J connectivity index is 1.39. The summed E-state index contributed by atoms with van der Waals surface area (Å²) in [6.07, 6.45) is 4.51. The van der Waals surface area contributed by atoms with E-state index in [2.05, 4.69) is 16.4 Å². The van der Waals surface area contributed by atoms with E-state index in [1.165, 1.54) is 13.2 Å². The molecule has 1 aliphatic heterocycles. The number of fused-ring (bicyclic) bond motifs is 1. The summed E-state index contributed by atoms with van der Waals surface area (Å²) in [6, 6.07) is 14.5. The van der Waals surface area contributed by atoms with Gasteiger partial charge < -0.3 is 25.0 Å². The second kappa shape index (κ2) is 9.80. The van der Waals surface area contributed by atoms with Crippen LogP contribution in [0.15, 0.2) is 60.9 Å². The molecule has 0 aliphatic carbocycles. The number of aliphatic hydroxyl groups is 1. The van der Waals surface area contributed by atoms with Crippen LogP contribution in [0.25, 0.3) is 11.1 Å². The molecule has 0 amide bonds. The number of carboxylic acids is 1. The lowest BCUT2D eigenvalue weighted by molar-refractivity contribution is 0.0696. The number of methoxy groups -OCH3 is 1. The summed E-state index contributed by atoms with van der Waals surface area (Å²) in [7, 11) is 1.54. The van der Waals surface area contributed by atoms with Crippen molar-refractivity contribution in [3.8, 4) is 22.6 Å². The summed E-state index contributed by atoms with van der Waals surface area (Å²) in [5.41, 5.74) is 3.88. The normalized spacial score (nSPS) is 16.0. The van der Waals surface area contributed by atoms with E-state index in [-0.39, 0.29) is 11.7 Å². The van der Waals surface area contributed by atoms with Gasteiger partial charge in [0.2, 0.25) is 0 Å². The van der Waals surface area contributed by atoms with Crippen molar-refractivity contribution in [1.82, 2.24) is 10.3 Å². The minimum atomic E-state index is -0.985. The third-order valence-electron chi connectivity index (χ3n) is 5.63. The van der Waals surface area contributed by atoms with E-state index < -0.39 is 12.1 Å². The molecule has 0 saturated heterocycles. The Kier molecular flexibility index (Phi) is 6.68. The number of carbonyl (C=O) groups is 1. The number of nitrogens with zero attached hydrogens (tertiary/aromatic N) is 1. The molecule has 0 bridgehead atoms. The first-order chi connectivity index (χ1) is 15.5. The Morgan fingerprint density at radius 1 is 1.28 bits per heavy atom. The number of hydrogen-bond acceptors (Lipinski definition) is 6. The van der Waals surface area contributed by atoms with Gasteiger partial charge in [-0.15, -0.1) is 0 Å². The zero-order valence-corrected chi connectivity index (χ0v) is 17.8. The molecule has 2 aromatic carbocycles. The van der Waals surface area contributed by atoms with Crippen LogP contribution in [0.1, 0.15) is 34.0 Å². The minimum absolute atomic E-state index is 0.0267. The van der Waals surface area contributed by atoms with E-state index in [1.807, 2.05) is 24.3 Å². The molecular formula is C25H26N2O5. The van der Waals surface area contributed by atoms with Crippen molar-refractivity contribution in [2.45, 2.75) is 25.0 Å². The average Bonchev–Trinajstić information content (AvgIpc) is 2.83. The standard InChI is InChI=1S/C25H26N2O5/c1-31-24-12-18(25(29)30)5-8-21(24)16-6-9-23-17(11-16)4-7-20(32-23)14-27-15-22(28)19-3-2-10-26-13-19/h2-3,5-6,8-13,20,22,27-28H,4,7,14-15H2,1H3,(H,29,30)/t20-,22+/m1/s1. The number of aromatic carboxylic acids is 1. The SMILES string of the molecule is COc1cc(C(=O)O)ccc1-c1ccc2c(c1)CC[C@H](CNC[C@H](O)c1cccnc1)O2. The van der Waals surface area contributed by atoms with Crippen molar-refractivity contribution >= 4 is 5.97 Å². The molecule has 0 fully saturated rings. The molecule has 7 heteroatoms. The van der Waals surface area contributed by atoms with Crippen molar-refractivity contribution in [2.24, 2.45) is 0 Å². The fourth-order valence-electron chi connectivity index (χ4n) is 3.89. The number of hydrogen-bond donors (Lipinski definition) is 3. The highest BCUT2D eigenvalue weighted by Crippen LogP contribution is 2.36. The highest BCUT2D eigenvalue weighted by molar-refractivity contribution is 5.89. The first-order valence-corrected chi connectivity index (χ1v) is 10.5. The Morgan fingerprint density at radius 3 is 2.91 bits per heavy atom. The van der Waals surface area contributed by atoms with Crippen LogP contribution in [0, 0.1) is 0 Å². The molecule has 1 aliphatic rings. The van der Waals surface area contributed by atoms with Crippen LogP contribution in [0.2, 0.25) is 0 Å². The predicted octanol–water partition coefficient (Wildman–Crippen LogP) is 3.47. The van der Waals surface area contributed by atoms with E-state index in [0.717, 1.165) is 40.8 Å². The summed E-state index contributed by atoms with van der Waals surface area (Å²) >= 11 is 0. The van der Waals surface area contributed by atoms with Crippen LogP contribution in [0.3, 0.4) is 0 Å². The number of aliphatic hydroxyl groups excluding tert-OH is 1. The Hall–Kier alpha value is -3.42. The smallest absolute Gasteiger partial charge is 0.335 e. The number of aryl methyl sites for hydroxylation is 1. The fourth-order valence-corrected chi connectivity index (χ4v) is 3.89. The minimum Gasteiger partial charge on any atom is -0.496 e. The molecule has 0 spiro atoms. The van der Waals surface area contributed by atoms with E-state index in [9.17, 15) is 15.0 Å². The molecule has 3 aromatic rings. The number of aromatic nitrogens is 1. The first kappa shape index (κ1) is 21.8. The Labute approximate surface area is 186 Å². The van der Waals surface area contributed by atoms with Crippen molar-refractivity contribution in [3.63, 3.8) is 0 Å². The molecule has 2 atom stereocenters. The van der Waals surface area contributed by atoms with Crippen LogP contribution >= 0.6 is 0 Å². The molecule has 1 aromatic heterocycles. The van der Waals surface area contributed by atoms with Crippen molar-refractivity contribution in [2.75, 3.05) is 20.2 Å². The van der Waals surface area contributed by atoms with Crippen LogP contribution in [0.5, 0.6) is 11.5 Å². The van der Waals surface area contributed by atoms with Gasteiger partial charge in [0.05, 0.1) is 18.8 Å². The van der Waals surface area contributed by atoms with E-state index in [1.54, 1.807) is 24.5 Å². The molecule has 166 valence electrons. The molecule has 0 unspecified atom stereocenters. The van der Waals surface area contributed by atoms with Gasteiger partial charge in [-0.25, -0.2) is 4.79 Å². The van der Waals surface area contributed by atoms with Gasteiger partial charge in [0.15, 0.2) is 0 Å². The summed E-state index contributed by atoms with van der Waals surface area (Å²) < 4.78 is 11.6. The number of carboxylic acid groups (broad SMARTS) is 1. The fraction of sp³-hybridized carbons (Fsp3) is 0.280. The predicted molar refractivity (Wildman–Crippen MR) is 120 cm³/mol. The summed E-state index contributed by atoms with van der Waals surface area (Å²) in [5, 5.41) is 22.7. The van der Waals surface area contributed by atoms with Gasteiger partial charge >= 0.3 is 5.97 Å². The Bertz CT molecular complexity index is 1090. The third kappa shape index (κ3) is 4.90. The average molecular weight is 434 g/mol. The van der Waals surface area contributed by atoms with E-state index in [0.29, 0.717) is 18.8 Å². The largest absolute Gasteiger partial charge is 0.496 e. The van der Waals surface area contributed by atoms with Crippen molar-refractivity contribution < 1.29 is 24.5 Å².